The van der Waals surface area contributed by atoms with E-state index in [2.05, 4.69) is 29.9 Å². The van der Waals surface area contributed by atoms with Crippen molar-refractivity contribution >= 4 is 27.6 Å². The van der Waals surface area contributed by atoms with Crippen molar-refractivity contribution in [2.24, 2.45) is 0 Å². The second kappa shape index (κ2) is 10.2. The van der Waals surface area contributed by atoms with Crippen LogP contribution in [0.2, 0.25) is 5.02 Å². The predicted octanol–water partition coefficient (Wildman–Crippen LogP) is 2.91. The van der Waals surface area contributed by atoms with Gasteiger partial charge in [-0.15, -0.1) is 10.2 Å². The van der Waals surface area contributed by atoms with Gasteiger partial charge < -0.3 is 9.47 Å². The van der Waals surface area contributed by atoms with E-state index in [1.54, 1.807) is 36.6 Å². The van der Waals surface area contributed by atoms with Crippen molar-refractivity contribution < 1.29 is 17.9 Å². The standard InChI is InChI=1S/C21H26ClN7O4S/c1-13(19-23-10-15(22)11-24-19)14(2)34(30,31)28-21-27-26-20(17-7-4-8-18(25-17)32-3)29(21)12-16-6-5-9-33-16/h4,7-8,10-11,13-14,16H,5-6,9,12H2,1-3H3,(H,27,28)/t13-,14-,16-/m0/s1. The van der Waals surface area contributed by atoms with Gasteiger partial charge in [-0.25, -0.2) is 23.4 Å². The van der Waals surface area contributed by atoms with Crippen molar-refractivity contribution in [1.82, 2.24) is 29.7 Å². The third kappa shape index (κ3) is 5.29. The van der Waals surface area contributed by atoms with Gasteiger partial charge in [-0.3, -0.25) is 9.29 Å². The molecule has 1 aliphatic heterocycles. The Morgan fingerprint density at radius 3 is 2.71 bits per heavy atom. The zero-order chi connectivity index (χ0) is 24.3. The molecule has 182 valence electrons. The molecule has 3 aromatic heterocycles. The van der Waals surface area contributed by atoms with E-state index < -0.39 is 21.2 Å². The number of hydrogen-bond donors (Lipinski definition) is 1. The van der Waals surface area contributed by atoms with Gasteiger partial charge in [-0.2, -0.15) is 0 Å². The van der Waals surface area contributed by atoms with Crippen LogP contribution in [0, 0.1) is 0 Å². The summed E-state index contributed by atoms with van der Waals surface area (Å²) in [7, 11) is -2.36. The van der Waals surface area contributed by atoms with Gasteiger partial charge in [0.05, 0.1) is 30.0 Å². The van der Waals surface area contributed by atoms with Crippen LogP contribution in [0.1, 0.15) is 38.4 Å². The molecule has 1 saturated heterocycles. The molecule has 4 rings (SSSR count). The Morgan fingerprint density at radius 2 is 2.03 bits per heavy atom. The Morgan fingerprint density at radius 1 is 1.26 bits per heavy atom. The van der Waals surface area contributed by atoms with Crippen LogP contribution in [0.5, 0.6) is 5.88 Å². The highest BCUT2D eigenvalue weighted by Crippen LogP contribution is 2.27. The van der Waals surface area contributed by atoms with Crippen LogP contribution in [-0.4, -0.2) is 63.2 Å². The topological polar surface area (TPSA) is 134 Å². The quantitative estimate of drug-likeness (QED) is 0.463. The van der Waals surface area contributed by atoms with Gasteiger partial charge in [0.25, 0.3) is 0 Å². The molecular formula is C21H26ClN7O4S. The number of nitrogens with one attached hydrogen (secondary N) is 1. The number of sulfonamides is 1. The summed E-state index contributed by atoms with van der Waals surface area (Å²) >= 11 is 5.86. The van der Waals surface area contributed by atoms with E-state index >= 15 is 0 Å². The third-order valence-corrected chi connectivity index (χ3v) is 7.85. The first-order valence-corrected chi connectivity index (χ1v) is 12.8. The smallest absolute Gasteiger partial charge is 0.238 e. The van der Waals surface area contributed by atoms with Crippen LogP contribution in [0.4, 0.5) is 5.95 Å². The number of aromatic nitrogens is 6. The van der Waals surface area contributed by atoms with E-state index in [9.17, 15) is 8.42 Å². The Hall–Kier alpha value is -2.83. The lowest BCUT2D eigenvalue weighted by molar-refractivity contribution is 0.0977. The second-order valence-electron chi connectivity index (χ2n) is 8.06. The molecule has 3 atom stereocenters. The summed E-state index contributed by atoms with van der Waals surface area (Å²) in [5.74, 6) is 0.796. The summed E-state index contributed by atoms with van der Waals surface area (Å²) in [6, 6.07) is 5.27. The highest BCUT2D eigenvalue weighted by molar-refractivity contribution is 7.93. The minimum Gasteiger partial charge on any atom is -0.481 e. The fourth-order valence-electron chi connectivity index (χ4n) is 3.64. The number of ether oxygens (including phenoxy) is 2. The summed E-state index contributed by atoms with van der Waals surface area (Å²) < 4.78 is 41.8. The first-order chi connectivity index (χ1) is 16.3. The molecule has 1 aliphatic rings. The molecule has 0 spiro atoms. The molecule has 0 amide bonds. The molecule has 0 radical (unpaired) electrons. The monoisotopic (exact) mass is 507 g/mol. The van der Waals surface area contributed by atoms with Gasteiger partial charge in [0.1, 0.15) is 11.5 Å². The van der Waals surface area contributed by atoms with Gasteiger partial charge in [0.15, 0.2) is 5.82 Å². The van der Waals surface area contributed by atoms with Crippen LogP contribution in [0.3, 0.4) is 0 Å². The average molecular weight is 508 g/mol. The lowest BCUT2D eigenvalue weighted by Gasteiger charge is -2.21. The van der Waals surface area contributed by atoms with Crippen molar-refractivity contribution in [2.45, 2.75) is 50.5 Å². The second-order valence-corrected chi connectivity index (χ2v) is 10.5. The molecule has 0 aromatic carbocycles. The summed E-state index contributed by atoms with van der Waals surface area (Å²) in [6.07, 6.45) is 4.60. The van der Waals surface area contributed by atoms with Crippen molar-refractivity contribution in [3.05, 3.63) is 41.4 Å². The highest BCUT2D eigenvalue weighted by Gasteiger charge is 2.32. The fraction of sp³-hybridized carbons (Fsp3) is 0.476. The van der Waals surface area contributed by atoms with Crippen LogP contribution < -0.4 is 9.46 Å². The predicted molar refractivity (Wildman–Crippen MR) is 126 cm³/mol. The molecule has 13 heteroatoms. The Labute approximate surface area is 203 Å². The summed E-state index contributed by atoms with van der Waals surface area (Å²) in [5.41, 5.74) is 0.506. The number of pyridine rings is 1. The van der Waals surface area contributed by atoms with Crippen molar-refractivity contribution in [3.63, 3.8) is 0 Å². The van der Waals surface area contributed by atoms with Crippen LogP contribution >= 0.6 is 11.6 Å². The Kier molecular flexibility index (Phi) is 7.29. The van der Waals surface area contributed by atoms with E-state index in [0.717, 1.165) is 12.8 Å². The van der Waals surface area contributed by atoms with E-state index in [-0.39, 0.29) is 12.1 Å². The lowest BCUT2D eigenvalue weighted by Crippen LogP contribution is -2.32. The number of nitrogens with zero attached hydrogens (tertiary/aromatic N) is 6. The fourth-order valence-corrected chi connectivity index (χ4v) is 4.99. The van der Waals surface area contributed by atoms with Gasteiger partial charge >= 0.3 is 0 Å². The minimum atomic E-state index is -3.88. The van der Waals surface area contributed by atoms with Crippen molar-refractivity contribution in [3.8, 4) is 17.4 Å². The maximum absolute atomic E-state index is 13.3. The van der Waals surface area contributed by atoms with E-state index in [0.29, 0.717) is 41.4 Å². The zero-order valence-corrected chi connectivity index (χ0v) is 20.6. The molecular weight excluding hydrogens is 482 g/mol. The molecule has 1 fully saturated rings. The van der Waals surface area contributed by atoms with Gasteiger partial charge in [0.2, 0.25) is 21.9 Å². The number of hydrogen-bond acceptors (Lipinski definition) is 9. The molecule has 0 aliphatic carbocycles. The van der Waals surface area contributed by atoms with Crippen LogP contribution in [0.15, 0.2) is 30.6 Å². The maximum atomic E-state index is 13.3. The first-order valence-electron chi connectivity index (χ1n) is 10.8. The highest BCUT2D eigenvalue weighted by atomic mass is 35.5. The Balaban J connectivity index is 1.64. The maximum Gasteiger partial charge on any atom is 0.238 e. The molecule has 34 heavy (non-hydrogen) atoms. The normalized spacial score (nSPS) is 17.9. The molecule has 0 unspecified atom stereocenters. The zero-order valence-electron chi connectivity index (χ0n) is 19.0. The van der Waals surface area contributed by atoms with E-state index in [1.807, 2.05) is 0 Å². The average Bonchev–Trinajstić information content (AvgIpc) is 3.49. The largest absolute Gasteiger partial charge is 0.481 e. The van der Waals surface area contributed by atoms with Crippen LogP contribution in [-0.2, 0) is 21.3 Å². The van der Waals surface area contributed by atoms with Gasteiger partial charge in [-0.1, -0.05) is 24.6 Å². The number of methoxy groups -OCH3 is 1. The Bertz CT molecular complexity index is 1230. The summed E-state index contributed by atoms with van der Waals surface area (Å²) in [6.45, 7) is 4.38. The number of rotatable bonds is 9. The molecule has 4 heterocycles. The molecule has 1 N–H and O–H groups in total. The number of halogens is 1. The van der Waals surface area contributed by atoms with Crippen molar-refractivity contribution in [2.75, 3.05) is 18.4 Å². The number of anilines is 1. The van der Waals surface area contributed by atoms with E-state index in [1.165, 1.54) is 19.5 Å². The SMILES string of the molecule is COc1cccc(-c2nnc(NS(=O)(=O)[C@@H](C)[C@H](C)c3ncc(Cl)cn3)n2C[C@@H]2CCCO2)n1. The van der Waals surface area contributed by atoms with Crippen LogP contribution in [0.25, 0.3) is 11.5 Å². The molecule has 3 aromatic rings. The first kappa shape index (κ1) is 24.3. The summed E-state index contributed by atoms with van der Waals surface area (Å²) in [5, 5.41) is 7.89. The lowest BCUT2D eigenvalue weighted by atomic mass is 10.1. The molecule has 0 bridgehead atoms. The third-order valence-electron chi connectivity index (χ3n) is 5.80. The molecule has 0 saturated carbocycles. The van der Waals surface area contributed by atoms with E-state index in [4.69, 9.17) is 21.1 Å². The summed E-state index contributed by atoms with van der Waals surface area (Å²) in [4.78, 5) is 12.7. The molecule has 11 nitrogen and oxygen atoms in total. The van der Waals surface area contributed by atoms with Crippen molar-refractivity contribution in [1.29, 1.82) is 0 Å². The van der Waals surface area contributed by atoms with Gasteiger partial charge in [-0.05, 0) is 25.8 Å². The minimum absolute atomic E-state index is 0.0811. The van der Waals surface area contributed by atoms with Gasteiger partial charge in [0, 0.05) is 31.0 Å².